The summed E-state index contributed by atoms with van der Waals surface area (Å²) in [5.74, 6) is 1.72. The molecule has 0 fully saturated rings. The van der Waals surface area contributed by atoms with Gasteiger partial charge in [-0.05, 0) is 26.7 Å². The summed E-state index contributed by atoms with van der Waals surface area (Å²) in [6.07, 6.45) is 0. The van der Waals surface area contributed by atoms with E-state index in [4.69, 9.17) is 14.2 Å². The average molecular weight is 202 g/mol. The van der Waals surface area contributed by atoms with E-state index in [0.29, 0.717) is 19.8 Å². The van der Waals surface area contributed by atoms with Crippen LogP contribution in [0.1, 0.15) is 20.8 Å². The summed E-state index contributed by atoms with van der Waals surface area (Å²) in [7, 11) is 0.790. The molecule has 0 aromatic heterocycles. The predicted molar refractivity (Wildman–Crippen MR) is 55.3 cm³/mol. The fourth-order valence-electron chi connectivity index (χ4n) is 0.956. The molecule has 0 spiro atoms. The largest absolute Gasteiger partial charge is 0.352 e. The lowest BCUT2D eigenvalue weighted by Gasteiger charge is -2.26. The van der Waals surface area contributed by atoms with E-state index in [0.717, 1.165) is 10.2 Å². The first kappa shape index (κ1) is 12.7. The fraction of sp³-hybridized carbons (Fsp3) is 0.778. The number of hydrogen-bond acceptors (Lipinski definition) is 3. The minimum Gasteiger partial charge on any atom is -0.317 e. The molecule has 0 aliphatic heterocycles. The van der Waals surface area contributed by atoms with Crippen LogP contribution in [0.3, 0.4) is 0 Å². The Morgan fingerprint density at radius 1 is 1.00 bits per heavy atom. The predicted octanol–water partition coefficient (Wildman–Crippen LogP) is 0.0760. The van der Waals surface area contributed by atoms with Gasteiger partial charge in [-0.15, -0.1) is 5.54 Å². The molecule has 76 valence electrons. The molecule has 0 saturated carbocycles. The van der Waals surface area contributed by atoms with Gasteiger partial charge in [0.05, 0.1) is 30.1 Å². The van der Waals surface area contributed by atoms with Crippen molar-refractivity contribution in [1.82, 2.24) is 0 Å². The summed E-state index contributed by atoms with van der Waals surface area (Å²) in [5, 5.41) is 0. The summed E-state index contributed by atoms with van der Waals surface area (Å²) in [6, 6.07) is 0. The first-order valence-electron chi connectivity index (χ1n) is 4.60. The van der Waals surface area contributed by atoms with Crippen LogP contribution in [-0.2, 0) is 14.2 Å². The van der Waals surface area contributed by atoms with Crippen LogP contribution < -0.4 is 0 Å². The van der Waals surface area contributed by atoms with Crippen LogP contribution in [0, 0.1) is 11.5 Å². The standard InChI is InChI=1S/C9H18O3Si/c1-4-10-9(7-8-13,11-5-2)12-6-3/h4-6H2,1-3,13H3. The second-order valence-corrected chi connectivity index (χ2v) is 2.73. The molecule has 0 N–H and O–H groups in total. The third kappa shape index (κ3) is 4.43. The quantitative estimate of drug-likeness (QED) is 0.347. The lowest BCUT2D eigenvalue weighted by Crippen LogP contribution is -2.38. The van der Waals surface area contributed by atoms with E-state index in [1.807, 2.05) is 20.8 Å². The van der Waals surface area contributed by atoms with E-state index in [1.165, 1.54) is 0 Å². The Bertz CT molecular complexity index is 166. The molecule has 13 heavy (non-hydrogen) atoms. The molecule has 4 heteroatoms. The Labute approximate surface area is 83.2 Å². The maximum atomic E-state index is 5.36. The van der Waals surface area contributed by atoms with Crippen molar-refractivity contribution < 1.29 is 14.2 Å². The van der Waals surface area contributed by atoms with Gasteiger partial charge in [0, 0.05) is 0 Å². The zero-order chi connectivity index (χ0) is 10.2. The SMILES string of the molecule is CCOC(C#C[SiH3])(OCC)OCC. The van der Waals surface area contributed by atoms with Crippen LogP contribution in [0.5, 0.6) is 0 Å². The third-order valence-corrected chi connectivity index (χ3v) is 1.53. The molecule has 0 aliphatic carbocycles. The molecule has 0 radical (unpaired) electrons. The molecular weight excluding hydrogens is 184 g/mol. The second kappa shape index (κ2) is 7.10. The zero-order valence-corrected chi connectivity index (χ0v) is 10.8. The summed E-state index contributed by atoms with van der Waals surface area (Å²) >= 11 is 0. The molecule has 0 aliphatic rings. The summed E-state index contributed by atoms with van der Waals surface area (Å²) in [6.45, 7) is 7.24. The minimum atomic E-state index is -1.12. The van der Waals surface area contributed by atoms with Crippen molar-refractivity contribution in [3.63, 3.8) is 0 Å². The topological polar surface area (TPSA) is 27.7 Å². The van der Waals surface area contributed by atoms with E-state index < -0.39 is 5.97 Å². The monoisotopic (exact) mass is 202 g/mol. The molecular formula is C9H18O3Si. The molecule has 0 saturated heterocycles. The molecule has 3 nitrogen and oxygen atoms in total. The van der Waals surface area contributed by atoms with Crippen molar-refractivity contribution in [3.8, 4) is 11.5 Å². The average Bonchev–Trinajstić information content (AvgIpc) is 2.06. The van der Waals surface area contributed by atoms with E-state index in [1.54, 1.807) is 0 Å². The van der Waals surface area contributed by atoms with Crippen molar-refractivity contribution in [3.05, 3.63) is 0 Å². The minimum absolute atomic E-state index is 0.524. The zero-order valence-electron chi connectivity index (χ0n) is 8.85. The van der Waals surface area contributed by atoms with E-state index in [2.05, 4.69) is 11.5 Å². The van der Waals surface area contributed by atoms with Gasteiger partial charge in [0.1, 0.15) is 0 Å². The van der Waals surface area contributed by atoms with Crippen molar-refractivity contribution in [2.24, 2.45) is 0 Å². The lowest BCUT2D eigenvalue weighted by atomic mass is 10.5. The molecule has 0 atom stereocenters. The van der Waals surface area contributed by atoms with Gasteiger partial charge in [0.25, 0.3) is 0 Å². The van der Waals surface area contributed by atoms with Gasteiger partial charge in [0.15, 0.2) is 0 Å². The first-order chi connectivity index (χ1) is 6.24. The summed E-state index contributed by atoms with van der Waals surface area (Å²) < 4.78 is 16.1. The van der Waals surface area contributed by atoms with Crippen molar-refractivity contribution in [2.45, 2.75) is 26.7 Å². The van der Waals surface area contributed by atoms with Gasteiger partial charge < -0.3 is 14.2 Å². The highest BCUT2D eigenvalue weighted by atomic mass is 28.1. The van der Waals surface area contributed by atoms with E-state index in [-0.39, 0.29) is 0 Å². The van der Waals surface area contributed by atoms with Crippen LogP contribution in [-0.4, -0.2) is 36.0 Å². The number of hydrogen-bond donors (Lipinski definition) is 0. The number of rotatable bonds is 6. The Kier molecular flexibility index (Phi) is 6.91. The molecule has 0 heterocycles. The highest BCUT2D eigenvalue weighted by molar-refractivity contribution is 6.22. The number of ether oxygens (including phenoxy) is 3. The van der Waals surface area contributed by atoms with E-state index in [9.17, 15) is 0 Å². The Hall–Kier alpha value is -0.343. The molecule has 0 aromatic rings. The van der Waals surface area contributed by atoms with Crippen LogP contribution in [0.15, 0.2) is 0 Å². The Morgan fingerprint density at radius 2 is 1.38 bits per heavy atom. The van der Waals surface area contributed by atoms with Crippen LogP contribution >= 0.6 is 0 Å². The second-order valence-electron chi connectivity index (χ2n) is 2.23. The normalized spacial score (nSPS) is 11.0. The molecule has 0 aromatic carbocycles. The van der Waals surface area contributed by atoms with Crippen LogP contribution in [0.2, 0.25) is 0 Å². The van der Waals surface area contributed by atoms with Crippen molar-refractivity contribution >= 4 is 10.2 Å². The highest BCUT2D eigenvalue weighted by Crippen LogP contribution is 2.14. The summed E-state index contributed by atoms with van der Waals surface area (Å²) in [4.78, 5) is 0. The van der Waals surface area contributed by atoms with Crippen molar-refractivity contribution in [1.29, 1.82) is 0 Å². The fourth-order valence-corrected chi connectivity index (χ4v) is 1.26. The summed E-state index contributed by atoms with van der Waals surface area (Å²) in [5.41, 5.74) is 2.88. The maximum absolute atomic E-state index is 5.36. The molecule has 0 unspecified atom stereocenters. The Morgan fingerprint density at radius 3 is 1.62 bits per heavy atom. The Balaban J connectivity index is 4.44. The van der Waals surface area contributed by atoms with Crippen LogP contribution in [0.4, 0.5) is 0 Å². The smallest absolute Gasteiger partial charge is 0.317 e. The van der Waals surface area contributed by atoms with E-state index >= 15 is 0 Å². The van der Waals surface area contributed by atoms with Gasteiger partial charge in [-0.2, -0.15) is 0 Å². The maximum Gasteiger partial charge on any atom is 0.352 e. The molecule has 0 amide bonds. The van der Waals surface area contributed by atoms with Gasteiger partial charge in [-0.25, -0.2) is 0 Å². The van der Waals surface area contributed by atoms with Crippen molar-refractivity contribution in [2.75, 3.05) is 19.8 Å². The van der Waals surface area contributed by atoms with Gasteiger partial charge in [-0.3, -0.25) is 0 Å². The van der Waals surface area contributed by atoms with Crippen LogP contribution in [0.25, 0.3) is 0 Å². The molecule has 0 rings (SSSR count). The molecule has 0 bridgehead atoms. The highest BCUT2D eigenvalue weighted by Gasteiger charge is 2.29. The van der Waals surface area contributed by atoms with Gasteiger partial charge >= 0.3 is 5.97 Å². The first-order valence-corrected chi connectivity index (χ1v) is 5.60. The van der Waals surface area contributed by atoms with Gasteiger partial charge in [-0.1, -0.05) is 0 Å². The lowest BCUT2D eigenvalue weighted by molar-refractivity contribution is -0.338. The van der Waals surface area contributed by atoms with Gasteiger partial charge in [0.2, 0.25) is 0 Å². The third-order valence-electron chi connectivity index (χ3n) is 1.28.